The van der Waals surface area contributed by atoms with E-state index >= 15 is 0 Å². The minimum absolute atomic E-state index is 0.119. The molecule has 0 fully saturated rings. The van der Waals surface area contributed by atoms with Gasteiger partial charge in [-0.25, -0.2) is 0 Å². The number of para-hydroxylation sites is 1. The van der Waals surface area contributed by atoms with Crippen LogP contribution in [0.3, 0.4) is 0 Å². The lowest BCUT2D eigenvalue weighted by Gasteiger charge is -2.19. The lowest BCUT2D eigenvalue weighted by molar-refractivity contribution is 0.0645. The molecule has 0 bridgehead atoms. The smallest absolute Gasteiger partial charge is 0.496 e. The van der Waals surface area contributed by atoms with Crippen LogP contribution >= 0.6 is 0 Å². The summed E-state index contributed by atoms with van der Waals surface area (Å²) < 4.78 is 53.3. The number of benzene rings is 1. The van der Waals surface area contributed by atoms with Crippen molar-refractivity contribution >= 4 is 12.4 Å². The summed E-state index contributed by atoms with van der Waals surface area (Å²) in [4.78, 5) is 0. The number of halogens is 3. The van der Waals surface area contributed by atoms with Crippen LogP contribution < -0.4 is 10.2 Å². The molecule has 0 saturated carbocycles. The predicted octanol–water partition coefficient (Wildman–Crippen LogP) is 2.17. The number of methoxy groups -OCH3 is 1. The van der Waals surface area contributed by atoms with Gasteiger partial charge in [-0.2, -0.15) is 0 Å². The first-order valence-electron chi connectivity index (χ1n) is 6.04. The summed E-state index contributed by atoms with van der Waals surface area (Å²) in [5.74, 6) is -0.119. The van der Waals surface area contributed by atoms with Gasteiger partial charge in [-0.3, -0.25) is 0 Å². The first-order chi connectivity index (χ1) is 9.05. The summed E-state index contributed by atoms with van der Waals surface area (Å²) in [7, 11) is 1.57. The van der Waals surface area contributed by atoms with Crippen LogP contribution in [0.15, 0.2) is 24.3 Å². The van der Waals surface area contributed by atoms with Crippen molar-refractivity contribution in [1.29, 1.82) is 0 Å². The fraction of sp³-hybridized carbons (Fsp3) is 0.500. The zero-order valence-electron chi connectivity index (χ0n) is 10.8. The van der Waals surface area contributed by atoms with Crippen molar-refractivity contribution in [3.8, 4) is 5.75 Å². The second-order valence-corrected chi connectivity index (χ2v) is 3.92. The highest BCUT2D eigenvalue weighted by atomic mass is 19.4. The number of hydrogen-bond acceptors (Lipinski definition) is 3. The Bertz CT molecular complexity index is 371. The third-order valence-electron chi connectivity index (χ3n) is 2.39. The van der Waals surface area contributed by atoms with Gasteiger partial charge in [-0.15, -0.1) is 0 Å². The topological polar surface area (TPSA) is 27.7 Å². The quantitative estimate of drug-likeness (QED) is 0.511. The van der Waals surface area contributed by atoms with E-state index in [1.54, 1.807) is 7.11 Å². The summed E-state index contributed by atoms with van der Waals surface area (Å²) in [5.41, 5.74) is -0.692. The Morgan fingerprint density at radius 2 is 1.74 bits per heavy atom. The Kier molecular flexibility index (Phi) is 6.73. The summed E-state index contributed by atoms with van der Waals surface area (Å²) >= 11 is 0. The summed E-state index contributed by atoms with van der Waals surface area (Å²) in [6, 6.07) is 5.24. The normalized spacial score (nSPS) is 11.6. The van der Waals surface area contributed by atoms with Gasteiger partial charge in [0, 0.05) is 20.1 Å². The fourth-order valence-corrected chi connectivity index (χ4v) is 1.47. The van der Waals surface area contributed by atoms with Gasteiger partial charge in [0.15, 0.2) is 0 Å². The van der Waals surface area contributed by atoms with Gasteiger partial charge in [0.25, 0.3) is 0 Å². The standard InChI is InChI=1S/C12H17BF3O3/c1-17-9-10-18-7-4-8-19-12-6-3-2-5-11(12)13(14,15)16/h2-3,5-6H,4,7-10H2,1H3/q-1. The van der Waals surface area contributed by atoms with E-state index in [1.807, 2.05) is 0 Å². The molecular weight excluding hydrogens is 260 g/mol. The van der Waals surface area contributed by atoms with Crippen molar-refractivity contribution < 1.29 is 27.2 Å². The molecule has 0 spiro atoms. The van der Waals surface area contributed by atoms with Crippen LogP contribution in [0.5, 0.6) is 5.75 Å². The Balaban J connectivity index is 2.33. The zero-order valence-corrected chi connectivity index (χ0v) is 10.8. The van der Waals surface area contributed by atoms with Gasteiger partial charge in [0.2, 0.25) is 0 Å². The highest BCUT2D eigenvalue weighted by Crippen LogP contribution is 2.17. The van der Waals surface area contributed by atoms with E-state index < -0.39 is 12.4 Å². The first kappa shape index (κ1) is 15.9. The molecule has 0 aliphatic heterocycles. The van der Waals surface area contributed by atoms with E-state index in [4.69, 9.17) is 14.2 Å². The van der Waals surface area contributed by atoms with Crippen molar-refractivity contribution in [3.05, 3.63) is 24.3 Å². The van der Waals surface area contributed by atoms with E-state index in [0.717, 1.165) is 6.07 Å². The van der Waals surface area contributed by atoms with Crippen molar-refractivity contribution in [2.45, 2.75) is 6.42 Å². The highest BCUT2D eigenvalue weighted by molar-refractivity contribution is 6.74. The molecule has 19 heavy (non-hydrogen) atoms. The Morgan fingerprint density at radius 1 is 1.00 bits per heavy atom. The highest BCUT2D eigenvalue weighted by Gasteiger charge is 2.28. The molecule has 1 aromatic carbocycles. The number of ether oxygens (including phenoxy) is 3. The van der Waals surface area contributed by atoms with Crippen LogP contribution in [0, 0.1) is 0 Å². The maximum atomic E-state index is 12.7. The molecule has 1 aromatic rings. The molecule has 0 N–H and O–H groups in total. The van der Waals surface area contributed by atoms with Crippen molar-refractivity contribution in [1.82, 2.24) is 0 Å². The molecule has 0 unspecified atom stereocenters. The van der Waals surface area contributed by atoms with E-state index in [0.29, 0.717) is 26.2 Å². The van der Waals surface area contributed by atoms with Crippen LogP contribution in [0.4, 0.5) is 12.9 Å². The Morgan fingerprint density at radius 3 is 2.42 bits per heavy atom. The van der Waals surface area contributed by atoms with Gasteiger partial charge in [-0.1, -0.05) is 23.7 Å². The van der Waals surface area contributed by atoms with E-state index in [1.165, 1.54) is 18.2 Å². The lowest BCUT2D eigenvalue weighted by atomic mass is 9.79. The molecule has 1 rings (SSSR count). The molecule has 0 radical (unpaired) electrons. The zero-order chi connectivity index (χ0) is 14.1. The third kappa shape index (κ3) is 5.98. The summed E-state index contributed by atoms with van der Waals surface area (Å²) in [5, 5.41) is 0. The van der Waals surface area contributed by atoms with Gasteiger partial charge in [0.05, 0.1) is 25.6 Å². The molecule has 0 amide bonds. The van der Waals surface area contributed by atoms with E-state index in [9.17, 15) is 12.9 Å². The molecule has 108 valence electrons. The van der Waals surface area contributed by atoms with E-state index in [2.05, 4.69) is 0 Å². The van der Waals surface area contributed by atoms with Crippen LogP contribution in [0.25, 0.3) is 0 Å². The van der Waals surface area contributed by atoms with Crippen molar-refractivity contribution in [2.75, 3.05) is 33.5 Å². The molecule has 0 aliphatic rings. The van der Waals surface area contributed by atoms with Gasteiger partial charge in [0.1, 0.15) is 0 Å². The Labute approximate surface area is 110 Å². The minimum atomic E-state index is -5.05. The van der Waals surface area contributed by atoms with E-state index in [-0.39, 0.29) is 12.4 Å². The maximum absolute atomic E-state index is 12.7. The van der Waals surface area contributed by atoms with Crippen molar-refractivity contribution in [3.63, 3.8) is 0 Å². The molecule has 3 nitrogen and oxygen atoms in total. The Hall–Kier alpha value is -1.21. The van der Waals surface area contributed by atoms with Gasteiger partial charge >= 0.3 is 6.98 Å². The largest absolute Gasteiger partial charge is 0.513 e. The average molecular weight is 277 g/mol. The second-order valence-electron chi connectivity index (χ2n) is 3.92. The van der Waals surface area contributed by atoms with Crippen LogP contribution in [0.1, 0.15) is 6.42 Å². The molecule has 0 atom stereocenters. The summed E-state index contributed by atoms with van der Waals surface area (Å²) in [6.07, 6.45) is 0.531. The average Bonchev–Trinajstić information content (AvgIpc) is 2.37. The van der Waals surface area contributed by atoms with Crippen molar-refractivity contribution in [2.24, 2.45) is 0 Å². The molecule has 0 aromatic heterocycles. The van der Waals surface area contributed by atoms with Gasteiger partial charge < -0.3 is 27.2 Å². The minimum Gasteiger partial charge on any atom is -0.496 e. The lowest BCUT2D eigenvalue weighted by Crippen LogP contribution is -2.35. The van der Waals surface area contributed by atoms with Crippen LogP contribution in [-0.2, 0) is 9.47 Å². The monoisotopic (exact) mass is 277 g/mol. The molecule has 0 aliphatic carbocycles. The predicted molar refractivity (Wildman–Crippen MR) is 68.0 cm³/mol. The molecular formula is C12H17BF3O3-. The SMILES string of the molecule is COCCOCCCOc1ccccc1[B-](F)(F)F. The fourth-order valence-electron chi connectivity index (χ4n) is 1.47. The molecule has 0 saturated heterocycles. The number of rotatable bonds is 9. The molecule has 7 heteroatoms. The van der Waals surface area contributed by atoms with Crippen LogP contribution in [-0.4, -0.2) is 40.5 Å². The maximum Gasteiger partial charge on any atom is 0.513 e. The van der Waals surface area contributed by atoms with Crippen LogP contribution in [0.2, 0.25) is 0 Å². The summed E-state index contributed by atoms with van der Waals surface area (Å²) in [6.45, 7) is -3.45. The third-order valence-corrected chi connectivity index (χ3v) is 2.39. The number of hydrogen-bond donors (Lipinski definition) is 0. The molecule has 0 heterocycles. The van der Waals surface area contributed by atoms with Gasteiger partial charge in [-0.05, 0) is 6.07 Å². The second kappa shape index (κ2) is 8.06. The first-order valence-corrected chi connectivity index (χ1v) is 6.04.